The molecule has 1 nitrogen and oxygen atoms in total. The number of hydrogen-bond donors (Lipinski definition) is 0. The van der Waals surface area contributed by atoms with Crippen LogP contribution in [0, 0.1) is 30.6 Å². The van der Waals surface area contributed by atoms with Crippen LogP contribution in [0.5, 0.6) is 0 Å². The lowest BCUT2D eigenvalue weighted by Gasteiger charge is -2.61. The summed E-state index contributed by atoms with van der Waals surface area (Å²) < 4.78 is 0. The average Bonchev–Trinajstić information content (AvgIpc) is 3.43. The van der Waals surface area contributed by atoms with E-state index in [1.54, 1.807) is 11.1 Å². The van der Waals surface area contributed by atoms with E-state index in [-0.39, 0.29) is 5.41 Å². The van der Waals surface area contributed by atoms with Gasteiger partial charge < -0.3 is 4.90 Å². The molecular weight excluding hydrogens is 579 g/mol. The Morgan fingerprint density at radius 2 is 1.02 bits per heavy atom. The van der Waals surface area contributed by atoms with Crippen LogP contribution in [0.3, 0.4) is 0 Å². The third-order valence-electron chi connectivity index (χ3n) is 12.5. The van der Waals surface area contributed by atoms with Crippen LogP contribution in [0.1, 0.15) is 48.8 Å². The normalized spacial score (nSPS) is 24.4. The van der Waals surface area contributed by atoms with Crippen molar-refractivity contribution in [2.75, 3.05) is 4.90 Å². The summed E-state index contributed by atoms with van der Waals surface area (Å²) in [6.45, 7) is 2.16. The Morgan fingerprint density at radius 3 is 1.75 bits per heavy atom. The Kier molecular flexibility index (Phi) is 6.35. The quantitative estimate of drug-likeness (QED) is 0.186. The van der Waals surface area contributed by atoms with Gasteiger partial charge in [0.1, 0.15) is 0 Å². The molecule has 4 saturated carbocycles. The summed E-state index contributed by atoms with van der Waals surface area (Å²) in [6, 6.07) is 54.6. The van der Waals surface area contributed by atoms with Crippen molar-refractivity contribution in [3.63, 3.8) is 0 Å². The van der Waals surface area contributed by atoms with Gasteiger partial charge in [-0.15, -0.1) is 0 Å². The molecule has 0 amide bonds. The molecule has 234 valence electrons. The van der Waals surface area contributed by atoms with Crippen LogP contribution in [-0.4, -0.2) is 0 Å². The van der Waals surface area contributed by atoms with Gasteiger partial charge in [-0.05, 0) is 144 Å². The molecule has 0 unspecified atom stereocenters. The summed E-state index contributed by atoms with van der Waals surface area (Å²) in [4.78, 5) is 2.41. The SMILES string of the molecule is Cc1ccc(N(c2ccc(-c3ccccc3)cc2)c2cccc(-c3cccc4c3-c3ccccc3C43C4CC5CC(C4)CC3C5)c2)cc1. The molecular formula is C47H41N. The van der Waals surface area contributed by atoms with Gasteiger partial charge >= 0.3 is 0 Å². The zero-order valence-electron chi connectivity index (χ0n) is 27.6. The number of anilines is 3. The zero-order valence-corrected chi connectivity index (χ0v) is 27.6. The molecule has 5 aliphatic carbocycles. The largest absolute Gasteiger partial charge is 0.310 e. The van der Waals surface area contributed by atoms with Gasteiger partial charge in [0.05, 0.1) is 0 Å². The van der Waals surface area contributed by atoms with E-state index in [4.69, 9.17) is 0 Å². The molecule has 4 fully saturated rings. The van der Waals surface area contributed by atoms with Crippen molar-refractivity contribution >= 4 is 17.1 Å². The molecule has 1 spiro atoms. The molecule has 0 radical (unpaired) electrons. The lowest BCUT2D eigenvalue weighted by Crippen LogP contribution is -2.55. The second-order valence-corrected chi connectivity index (χ2v) is 15.1. The van der Waals surface area contributed by atoms with Crippen LogP contribution in [0.15, 0.2) is 146 Å². The van der Waals surface area contributed by atoms with Crippen LogP contribution in [0.2, 0.25) is 0 Å². The molecule has 0 heterocycles. The third kappa shape index (κ3) is 4.16. The predicted molar refractivity (Wildman–Crippen MR) is 200 cm³/mol. The van der Waals surface area contributed by atoms with Gasteiger partial charge in [0.25, 0.3) is 0 Å². The molecule has 0 atom stereocenters. The minimum atomic E-state index is 0.182. The van der Waals surface area contributed by atoms with Crippen molar-refractivity contribution in [2.24, 2.45) is 23.7 Å². The number of hydrogen-bond acceptors (Lipinski definition) is 1. The second-order valence-electron chi connectivity index (χ2n) is 15.1. The minimum absolute atomic E-state index is 0.182. The molecule has 6 aromatic carbocycles. The molecule has 0 aliphatic heterocycles. The number of rotatable bonds is 5. The van der Waals surface area contributed by atoms with Crippen molar-refractivity contribution in [1.29, 1.82) is 0 Å². The molecule has 1 heteroatoms. The Balaban J connectivity index is 1.11. The number of fused-ring (bicyclic) bond motifs is 3. The maximum Gasteiger partial charge on any atom is 0.0467 e. The summed E-state index contributed by atoms with van der Waals surface area (Å²) in [5, 5.41) is 0. The van der Waals surface area contributed by atoms with Crippen molar-refractivity contribution in [2.45, 2.75) is 44.4 Å². The lowest BCUT2D eigenvalue weighted by molar-refractivity contribution is -0.0399. The fraction of sp³-hybridized carbons (Fsp3) is 0.234. The van der Waals surface area contributed by atoms with E-state index in [9.17, 15) is 0 Å². The highest BCUT2D eigenvalue weighted by molar-refractivity contribution is 5.94. The maximum atomic E-state index is 2.51. The van der Waals surface area contributed by atoms with Crippen LogP contribution in [-0.2, 0) is 5.41 Å². The van der Waals surface area contributed by atoms with E-state index in [0.29, 0.717) is 0 Å². The smallest absolute Gasteiger partial charge is 0.0467 e. The van der Waals surface area contributed by atoms with Gasteiger partial charge in [0, 0.05) is 22.5 Å². The highest BCUT2D eigenvalue weighted by atomic mass is 15.1. The van der Waals surface area contributed by atoms with Crippen LogP contribution in [0.4, 0.5) is 17.1 Å². The summed E-state index contributed by atoms with van der Waals surface area (Å²) in [5.74, 6) is 3.44. The van der Waals surface area contributed by atoms with E-state index in [1.807, 2.05) is 0 Å². The summed E-state index contributed by atoms with van der Waals surface area (Å²) in [6.07, 6.45) is 7.13. The Bertz CT molecular complexity index is 2110. The van der Waals surface area contributed by atoms with Crippen LogP contribution < -0.4 is 4.90 Å². The van der Waals surface area contributed by atoms with Crippen LogP contribution in [0.25, 0.3) is 33.4 Å². The van der Waals surface area contributed by atoms with Gasteiger partial charge in [0.15, 0.2) is 0 Å². The van der Waals surface area contributed by atoms with Crippen LogP contribution >= 0.6 is 0 Å². The topological polar surface area (TPSA) is 3.24 Å². The zero-order chi connectivity index (χ0) is 31.8. The van der Waals surface area contributed by atoms with Crippen molar-refractivity contribution in [3.05, 3.63) is 162 Å². The average molecular weight is 620 g/mol. The van der Waals surface area contributed by atoms with E-state index in [2.05, 4.69) is 157 Å². The first-order valence-electron chi connectivity index (χ1n) is 18.0. The van der Waals surface area contributed by atoms with E-state index in [1.165, 1.54) is 82.4 Å². The van der Waals surface area contributed by atoms with E-state index >= 15 is 0 Å². The van der Waals surface area contributed by atoms with Gasteiger partial charge in [-0.1, -0.05) is 115 Å². The van der Waals surface area contributed by atoms with Gasteiger partial charge in [-0.3, -0.25) is 0 Å². The molecule has 6 aromatic rings. The first-order chi connectivity index (χ1) is 23.7. The monoisotopic (exact) mass is 619 g/mol. The van der Waals surface area contributed by atoms with Gasteiger partial charge in [0.2, 0.25) is 0 Å². The summed E-state index contributed by atoms with van der Waals surface area (Å²) in [5.41, 5.74) is 16.3. The second kappa shape index (κ2) is 10.8. The molecule has 4 bridgehead atoms. The minimum Gasteiger partial charge on any atom is -0.310 e. The van der Waals surface area contributed by atoms with Crippen molar-refractivity contribution in [1.82, 2.24) is 0 Å². The number of aryl methyl sites for hydroxylation is 1. The molecule has 0 aromatic heterocycles. The molecule has 48 heavy (non-hydrogen) atoms. The maximum absolute atomic E-state index is 2.51. The third-order valence-corrected chi connectivity index (χ3v) is 12.5. The van der Waals surface area contributed by atoms with Crippen molar-refractivity contribution < 1.29 is 0 Å². The highest BCUT2D eigenvalue weighted by Gasteiger charge is 2.61. The van der Waals surface area contributed by atoms with Gasteiger partial charge in [-0.25, -0.2) is 0 Å². The summed E-state index contributed by atoms with van der Waals surface area (Å²) in [7, 11) is 0. The van der Waals surface area contributed by atoms with Crippen molar-refractivity contribution in [3.8, 4) is 33.4 Å². The van der Waals surface area contributed by atoms with E-state index in [0.717, 1.165) is 29.4 Å². The van der Waals surface area contributed by atoms with E-state index < -0.39 is 0 Å². The predicted octanol–water partition coefficient (Wildman–Crippen LogP) is 12.5. The fourth-order valence-corrected chi connectivity index (χ4v) is 10.8. The number of benzene rings is 6. The summed E-state index contributed by atoms with van der Waals surface area (Å²) >= 11 is 0. The lowest BCUT2D eigenvalue weighted by atomic mass is 9.43. The molecule has 11 rings (SSSR count). The standard InChI is InChI=1S/C47H41N/c1-31-17-21-39(22-18-31)48(40-23-19-35(20-24-40)34-9-3-2-4-10-34)41-12-7-11-36(30-41)42-14-8-16-45-46(42)43-13-5-6-15-44(43)47(45)37-26-32-25-33(28-37)29-38(47)27-32/h2-24,30,32-33,37-38H,25-29H2,1H3. The molecule has 0 saturated heterocycles. The van der Waals surface area contributed by atoms with Gasteiger partial charge in [-0.2, -0.15) is 0 Å². The first kappa shape index (κ1) is 28.2. The Labute approximate surface area is 284 Å². The highest BCUT2D eigenvalue weighted by Crippen LogP contribution is 2.70. The molecule has 0 N–H and O–H groups in total. The number of nitrogens with zero attached hydrogens (tertiary/aromatic N) is 1. The Hall–Kier alpha value is -4.88. The first-order valence-corrected chi connectivity index (χ1v) is 18.0. The molecule has 5 aliphatic rings. The Morgan fingerprint density at radius 1 is 0.458 bits per heavy atom. The fourth-order valence-electron chi connectivity index (χ4n) is 10.8.